The van der Waals surface area contributed by atoms with E-state index in [1.807, 2.05) is 48.1 Å². The fourth-order valence-electron chi connectivity index (χ4n) is 1.97. The van der Waals surface area contributed by atoms with Gasteiger partial charge in [0.05, 0.1) is 17.7 Å². The number of hydrazone groups is 1. The molecule has 0 aliphatic carbocycles. The molecule has 134 valence electrons. The lowest BCUT2D eigenvalue weighted by atomic mass is 10.2. The number of carbonyl (C=O) groups excluding carboxylic acids is 1. The normalized spacial score (nSPS) is 11.1. The van der Waals surface area contributed by atoms with Crippen molar-refractivity contribution >= 4 is 47.0 Å². The van der Waals surface area contributed by atoms with Gasteiger partial charge in [-0.15, -0.1) is 10.2 Å². The van der Waals surface area contributed by atoms with Gasteiger partial charge in [-0.25, -0.2) is 5.43 Å². The Morgan fingerprint density at radius 2 is 1.96 bits per heavy atom. The molecule has 9 heteroatoms. The molecule has 0 saturated heterocycles. The van der Waals surface area contributed by atoms with Crippen molar-refractivity contribution < 1.29 is 4.79 Å². The Labute approximate surface area is 164 Å². The quantitative estimate of drug-likeness (QED) is 0.354. The first-order valence-electron chi connectivity index (χ1n) is 7.77. The third kappa shape index (κ3) is 5.72. The predicted molar refractivity (Wildman–Crippen MR) is 108 cm³/mol. The van der Waals surface area contributed by atoms with Crippen molar-refractivity contribution in [1.82, 2.24) is 20.2 Å². The summed E-state index contributed by atoms with van der Waals surface area (Å²) in [7, 11) is 1.92. The van der Waals surface area contributed by atoms with Gasteiger partial charge in [-0.3, -0.25) is 4.79 Å². The number of amides is 1. The van der Waals surface area contributed by atoms with Crippen molar-refractivity contribution in [2.24, 2.45) is 12.1 Å². The maximum Gasteiger partial charge on any atom is 0.250 e. The molecule has 3 aromatic rings. The lowest BCUT2D eigenvalue weighted by molar-refractivity contribution is -0.118. The second-order valence-electron chi connectivity index (χ2n) is 5.23. The number of aryl methyl sites for hydroxylation is 1. The molecule has 3 rings (SSSR count). The van der Waals surface area contributed by atoms with Crippen LogP contribution in [0, 0.1) is 0 Å². The van der Waals surface area contributed by atoms with Gasteiger partial charge < -0.3 is 4.57 Å². The molecule has 2 heterocycles. The first-order chi connectivity index (χ1) is 12.7. The lowest BCUT2D eigenvalue weighted by Crippen LogP contribution is -2.19. The van der Waals surface area contributed by atoms with E-state index in [0.29, 0.717) is 0 Å². The molecule has 0 atom stereocenters. The number of nitrogens with one attached hydrogen (secondary N) is 1. The highest BCUT2D eigenvalue weighted by Crippen LogP contribution is 2.30. The Balaban J connectivity index is 1.40. The number of benzene rings is 1. The van der Waals surface area contributed by atoms with Crippen LogP contribution in [0.1, 0.15) is 11.3 Å². The third-order valence-electron chi connectivity index (χ3n) is 3.29. The Hall–Kier alpha value is -2.10. The second kappa shape index (κ2) is 9.56. The number of carbonyl (C=O) groups is 1. The van der Waals surface area contributed by atoms with Gasteiger partial charge in [0.15, 0.2) is 8.68 Å². The van der Waals surface area contributed by atoms with E-state index in [1.54, 1.807) is 18.0 Å². The molecule has 0 saturated carbocycles. The minimum absolute atomic E-state index is 0.172. The topological polar surface area (TPSA) is 72.2 Å². The average Bonchev–Trinajstić information content (AvgIpc) is 3.28. The van der Waals surface area contributed by atoms with Gasteiger partial charge in [0, 0.05) is 19.0 Å². The lowest BCUT2D eigenvalue weighted by Gasteiger charge is -1.98. The van der Waals surface area contributed by atoms with Crippen LogP contribution in [-0.2, 0) is 17.6 Å². The largest absolute Gasteiger partial charge is 0.350 e. The van der Waals surface area contributed by atoms with Crippen LogP contribution in [0.2, 0.25) is 0 Å². The third-order valence-corrected chi connectivity index (χ3v) is 6.55. The first-order valence-corrected chi connectivity index (χ1v) is 10.6. The summed E-state index contributed by atoms with van der Waals surface area (Å²) >= 11 is 4.51. The minimum atomic E-state index is -0.172. The summed E-state index contributed by atoms with van der Waals surface area (Å²) in [4.78, 5) is 11.8. The number of hydrogen-bond acceptors (Lipinski definition) is 7. The van der Waals surface area contributed by atoms with E-state index < -0.39 is 0 Å². The zero-order chi connectivity index (χ0) is 18.2. The molecular formula is C17H17N5OS3. The van der Waals surface area contributed by atoms with Gasteiger partial charge in [0.25, 0.3) is 5.91 Å². The van der Waals surface area contributed by atoms with Crippen LogP contribution in [-0.4, -0.2) is 32.6 Å². The minimum Gasteiger partial charge on any atom is -0.350 e. The fraction of sp³-hybridized carbons (Fsp3) is 0.176. The maximum atomic E-state index is 11.8. The van der Waals surface area contributed by atoms with Gasteiger partial charge in [0.2, 0.25) is 0 Å². The van der Waals surface area contributed by atoms with Crippen molar-refractivity contribution in [1.29, 1.82) is 0 Å². The summed E-state index contributed by atoms with van der Waals surface area (Å²) in [6.45, 7) is 0. The molecule has 6 nitrogen and oxygen atoms in total. The van der Waals surface area contributed by atoms with E-state index in [9.17, 15) is 4.79 Å². The van der Waals surface area contributed by atoms with Crippen LogP contribution >= 0.6 is 34.9 Å². The molecule has 0 aliphatic heterocycles. The highest BCUT2D eigenvalue weighted by molar-refractivity contribution is 8.03. The van der Waals surface area contributed by atoms with E-state index in [4.69, 9.17) is 0 Å². The second-order valence-corrected chi connectivity index (χ2v) is 8.66. The summed E-state index contributed by atoms with van der Waals surface area (Å²) in [6.07, 6.45) is 3.54. The number of hydrogen-bond donors (Lipinski definition) is 1. The molecule has 26 heavy (non-hydrogen) atoms. The SMILES string of the molecule is Cn1cccc1/C=N/NC(=O)CSc1nnc(SCc2ccccc2)s1. The molecule has 0 radical (unpaired) electrons. The highest BCUT2D eigenvalue weighted by atomic mass is 32.2. The van der Waals surface area contributed by atoms with Crippen LogP contribution < -0.4 is 5.43 Å². The van der Waals surface area contributed by atoms with E-state index in [2.05, 4.69) is 32.9 Å². The molecule has 0 unspecified atom stereocenters. The van der Waals surface area contributed by atoms with Crippen LogP contribution in [0.5, 0.6) is 0 Å². The smallest absolute Gasteiger partial charge is 0.250 e. The van der Waals surface area contributed by atoms with Crippen molar-refractivity contribution in [3.05, 3.63) is 59.9 Å². The van der Waals surface area contributed by atoms with Crippen molar-refractivity contribution in [2.75, 3.05) is 5.75 Å². The molecule has 0 fully saturated rings. The summed E-state index contributed by atoms with van der Waals surface area (Å²) in [5, 5.41) is 12.2. The van der Waals surface area contributed by atoms with Crippen molar-refractivity contribution in [3.8, 4) is 0 Å². The van der Waals surface area contributed by atoms with Gasteiger partial charge >= 0.3 is 0 Å². The standard InChI is InChI=1S/C17H17N5OS3/c1-22-9-5-8-14(22)10-18-19-15(23)12-25-17-21-20-16(26-17)24-11-13-6-3-2-4-7-13/h2-10H,11-12H2,1H3,(H,19,23)/b18-10+. The number of thioether (sulfide) groups is 2. The molecular weight excluding hydrogens is 386 g/mol. The molecule has 2 aromatic heterocycles. The molecule has 0 spiro atoms. The predicted octanol–water partition coefficient (Wildman–Crippen LogP) is 3.41. The molecule has 0 bridgehead atoms. The molecule has 0 aliphatic rings. The van der Waals surface area contributed by atoms with Gasteiger partial charge in [-0.1, -0.05) is 65.2 Å². The summed E-state index contributed by atoms with van der Waals surface area (Å²) < 4.78 is 3.60. The monoisotopic (exact) mass is 403 g/mol. The molecule has 1 N–H and O–H groups in total. The van der Waals surface area contributed by atoms with Gasteiger partial charge in [-0.05, 0) is 17.7 Å². The summed E-state index contributed by atoms with van der Waals surface area (Å²) in [5.74, 6) is 0.936. The Morgan fingerprint density at radius 3 is 2.69 bits per heavy atom. The Morgan fingerprint density at radius 1 is 1.19 bits per heavy atom. The van der Waals surface area contributed by atoms with E-state index in [0.717, 1.165) is 20.1 Å². The Bertz CT molecular complexity index is 875. The fourth-order valence-corrected chi connectivity index (χ4v) is 4.74. The number of rotatable bonds is 8. The summed E-state index contributed by atoms with van der Waals surface area (Å²) in [6, 6.07) is 14.1. The Kier molecular flexibility index (Phi) is 6.87. The summed E-state index contributed by atoms with van der Waals surface area (Å²) in [5.41, 5.74) is 4.69. The average molecular weight is 404 g/mol. The van der Waals surface area contributed by atoms with Crippen molar-refractivity contribution in [2.45, 2.75) is 14.4 Å². The van der Waals surface area contributed by atoms with Crippen molar-refractivity contribution in [3.63, 3.8) is 0 Å². The number of aromatic nitrogens is 3. The zero-order valence-electron chi connectivity index (χ0n) is 14.0. The molecule has 1 amide bonds. The van der Waals surface area contributed by atoms with Crippen LogP contribution in [0.3, 0.4) is 0 Å². The maximum absolute atomic E-state index is 11.8. The van der Waals surface area contributed by atoms with Crippen LogP contribution in [0.25, 0.3) is 0 Å². The van der Waals surface area contributed by atoms with Crippen LogP contribution in [0.15, 0.2) is 62.4 Å². The highest BCUT2D eigenvalue weighted by Gasteiger charge is 2.08. The van der Waals surface area contributed by atoms with Crippen LogP contribution in [0.4, 0.5) is 0 Å². The van der Waals surface area contributed by atoms with E-state index >= 15 is 0 Å². The van der Waals surface area contributed by atoms with Gasteiger partial charge in [-0.2, -0.15) is 5.10 Å². The zero-order valence-corrected chi connectivity index (χ0v) is 16.5. The number of nitrogens with zero attached hydrogens (tertiary/aromatic N) is 4. The van der Waals surface area contributed by atoms with E-state index in [-0.39, 0.29) is 11.7 Å². The van der Waals surface area contributed by atoms with Gasteiger partial charge in [0.1, 0.15) is 0 Å². The first kappa shape index (κ1) is 18.7. The molecule has 1 aromatic carbocycles. The van der Waals surface area contributed by atoms with E-state index in [1.165, 1.54) is 28.7 Å².